The molecule has 10 nitrogen and oxygen atoms in total. The van der Waals surface area contributed by atoms with Gasteiger partial charge in [0.15, 0.2) is 0 Å². The maximum atomic E-state index is 12.5. The number of aliphatic imine (C=N–C) groups is 1. The van der Waals surface area contributed by atoms with Gasteiger partial charge in [-0.05, 0) is 44.4 Å². The summed E-state index contributed by atoms with van der Waals surface area (Å²) in [6.45, 7) is 8.24. The first kappa shape index (κ1) is 24.1. The Bertz CT molecular complexity index is 1510. The molecule has 0 bridgehead atoms. The van der Waals surface area contributed by atoms with E-state index in [0.29, 0.717) is 38.6 Å². The highest BCUT2D eigenvalue weighted by Crippen LogP contribution is 2.27. The number of fused-ring (bicyclic) bond motifs is 2. The molecule has 5 rings (SSSR count). The topological polar surface area (TPSA) is 122 Å². The van der Waals surface area contributed by atoms with E-state index < -0.39 is 10.0 Å². The van der Waals surface area contributed by atoms with Gasteiger partial charge >= 0.3 is 0 Å². The summed E-state index contributed by atoms with van der Waals surface area (Å²) in [7, 11) is -3.47. The first-order valence-corrected chi connectivity index (χ1v) is 13.9. The molecular formula is C25H32N8O2S. The third-order valence-corrected chi connectivity index (χ3v) is 8.04. The number of benzene rings is 1. The predicted octanol–water partition coefficient (Wildman–Crippen LogP) is 2.80. The van der Waals surface area contributed by atoms with Crippen LogP contribution in [-0.4, -0.2) is 77.2 Å². The van der Waals surface area contributed by atoms with E-state index in [2.05, 4.69) is 47.4 Å². The standard InChI is InChI=1S/C25H32N8O2S/c1-4-36(34,35)31-25(26-10-9-19-14-27-21-8-6-5-7-20(19)21)33-12-11-32(15-18(33)3)24-22-17(2)13-28-23(22)29-16-30-24/h5-8,13-14,16,18,27H,4,9-12,15H2,1-3H3,(H,26,31)(H,28,29,30)/t18-/m0/s1. The van der Waals surface area contributed by atoms with Crippen molar-refractivity contribution in [3.8, 4) is 0 Å². The van der Waals surface area contributed by atoms with Crippen molar-refractivity contribution in [1.29, 1.82) is 0 Å². The average molecular weight is 509 g/mol. The Kier molecular flexibility index (Phi) is 6.57. The monoisotopic (exact) mass is 508 g/mol. The molecule has 11 heteroatoms. The van der Waals surface area contributed by atoms with Crippen LogP contribution >= 0.6 is 0 Å². The maximum Gasteiger partial charge on any atom is 0.234 e. The van der Waals surface area contributed by atoms with Gasteiger partial charge in [-0.2, -0.15) is 0 Å². The van der Waals surface area contributed by atoms with Crippen LogP contribution in [0.25, 0.3) is 21.9 Å². The molecule has 1 aromatic carbocycles. The lowest BCUT2D eigenvalue weighted by Gasteiger charge is -2.42. The Morgan fingerprint density at radius 2 is 2.03 bits per heavy atom. The average Bonchev–Trinajstić information content (AvgIpc) is 3.47. The van der Waals surface area contributed by atoms with Crippen LogP contribution in [0, 0.1) is 6.92 Å². The Morgan fingerprint density at radius 1 is 1.19 bits per heavy atom. The summed E-state index contributed by atoms with van der Waals surface area (Å²) in [6, 6.07) is 8.18. The minimum Gasteiger partial charge on any atom is -0.361 e. The lowest BCUT2D eigenvalue weighted by molar-refractivity contribution is 0.291. The second kappa shape index (κ2) is 9.81. The summed E-state index contributed by atoms with van der Waals surface area (Å²) in [5, 5.41) is 2.19. The molecular weight excluding hydrogens is 476 g/mol. The van der Waals surface area contributed by atoms with Crippen molar-refractivity contribution in [1.82, 2.24) is 29.6 Å². The van der Waals surface area contributed by atoms with Crippen LogP contribution in [0.3, 0.4) is 0 Å². The van der Waals surface area contributed by atoms with Crippen molar-refractivity contribution < 1.29 is 8.42 Å². The third kappa shape index (κ3) is 4.75. The van der Waals surface area contributed by atoms with Crippen molar-refractivity contribution in [3.05, 3.63) is 54.1 Å². The lowest BCUT2D eigenvalue weighted by atomic mass is 10.1. The summed E-state index contributed by atoms with van der Waals surface area (Å²) in [5.41, 5.74) is 4.18. The molecule has 190 valence electrons. The van der Waals surface area contributed by atoms with Gasteiger partial charge in [0.2, 0.25) is 16.0 Å². The Morgan fingerprint density at radius 3 is 2.83 bits per heavy atom. The normalized spacial score (nSPS) is 17.3. The van der Waals surface area contributed by atoms with E-state index in [0.717, 1.165) is 27.9 Å². The zero-order valence-corrected chi connectivity index (χ0v) is 21.6. The van der Waals surface area contributed by atoms with E-state index in [1.165, 1.54) is 10.9 Å². The van der Waals surface area contributed by atoms with Crippen molar-refractivity contribution >= 4 is 43.7 Å². The van der Waals surface area contributed by atoms with E-state index in [1.54, 1.807) is 13.3 Å². The van der Waals surface area contributed by atoms with Crippen LogP contribution in [0.1, 0.15) is 25.0 Å². The Balaban J connectivity index is 1.35. The second-order valence-corrected chi connectivity index (χ2v) is 11.2. The number of piperazine rings is 1. The van der Waals surface area contributed by atoms with Crippen LogP contribution in [0.5, 0.6) is 0 Å². The molecule has 0 aliphatic carbocycles. The summed E-state index contributed by atoms with van der Waals surface area (Å²) in [5.74, 6) is 1.31. The number of nitrogens with one attached hydrogen (secondary N) is 3. The SMILES string of the molecule is CCS(=O)(=O)NC(=NCCc1c[nH]c2ccccc12)N1CCN(c2ncnc3[nH]cc(C)c23)C[C@@H]1C. The highest BCUT2D eigenvalue weighted by atomic mass is 32.2. The van der Waals surface area contributed by atoms with Gasteiger partial charge in [-0.25, -0.2) is 18.4 Å². The van der Waals surface area contributed by atoms with E-state index in [-0.39, 0.29) is 11.8 Å². The van der Waals surface area contributed by atoms with Crippen molar-refractivity contribution in [2.45, 2.75) is 33.2 Å². The molecule has 0 unspecified atom stereocenters. The predicted molar refractivity (Wildman–Crippen MR) is 144 cm³/mol. The minimum atomic E-state index is -3.47. The first-order chi connectivity index (χ1) is 17.4. The zero-order chi connectivity index (χ0) is 25.3. The highest BCUT2D eigenvalue weighted by Gasteiger charge is 2.30. The van der Waals surface area contributed by atoms with Crippen LogP contribution in [0.15, 0.2) is 48.0 Å². The fraction of sp³-hybridized carbons (Fsp3) is 0.400. The number of anilines is 1. The quantitative estimate of drug-likeness (QED) is 0.272. The van der Waals surface area contributed by atoms with Gasteiger partial charge in [-0.3, -0.25) is 9.71 Å². The number of H-pyrrole nitrogens is 2. The number of sulfonamides is 1. The number of aromatic nitrogens is 4. The molecule has 0 amide bonds. The fourth-order valence-corrected chi connectivity index (χ4v) is 5.42. The molecule has 0 spiro atoms. The largest absolute Gasteiger partial charge is 0.361 e. The number of rotatable bonds is 6. The van der Waals surface area contributed by atoms with Crippen LogP contribution in [0.4, 0.5) is 5.82 Å². The highest BCUT2D eigenvalue weighted by molar-refractivity contribution is 7.90. The molecule has 36 heavy (non-hydrogen) atoms. The lowest BCUT2D eigenvalue weighted by Crippen LogP contribution is -2.58. The molecule has 4 heterocycles. The van der Waals surface area contributed by atoms with E-state index >= 15 is 0 Å². The number of guanidine groups is 1. The number of para-hydroxylation sites is 1. The molecule has 0 radical (unpaired) electrons. The van der Waals surface area contributed by atoms with E-state index in [4.69, 9.17) is 4.99 Å². The molecule has 1 aliphatic rings. The molecule has 3 aromatic heterocycles. The van der Waals surface area contributed by atoms with Crippen molar-refractivity contribution in [2.75, 3.05) is 36.8 Å². The van der Waals surface area contributed by atoms with Crippen LogP contribution in [-0.2, 0) is 16.4 Å². The number of hydrogen-bond donors (Lipinski definition) is 3. The van der Waals surface area contributed by atoms with Gasteiger partial charge in [-0.15, -0.1) is 0 Å². The Labute approximate surface area is 210 Å². The molecule has 3 N–H and O–H groups in total. The Hall–Kier alpha value is -3.60. The summed E-state index contributed by atoms with van der Waals surface area (Å²) in [6.07, 6.45) is 6.24. The smallest absolute Gasteiger partial charge is 0.234 e. The number of aromatic amines is 2. The van der Waals surface area contributed by atoms with Gasteiger partial charge in [0, 0.05) is 55.5 Å². The third-order valence-electron chi connectivity index (χ3n) is 6.79. The number of aryl methyl sites for hydroxylation is 1. The summed E-state index contributed by atoms with van der Waals surface area (Å²) < 4.78 is 27.8. The molecule has 1 atom stereocenters. The molecule has 4 aromatic rings. The van der Waals surface area contributed by atoms with Gasteiger partial charge in [0.1, 0.15) is 17.8 Å². The molecule has 1 saturated heterocycles. The van der Waals surface area contributed by atoms with Gasteiger partial charge < -0.3 is 19.8 Å². The van der Waals surface area contributed by atoms with Gasteiger partial charge in [0.05, 0.1) is 11.1 Å². The second-order valence-electron chi connectivity index (χ2n) is 9.20. The van der Waals surface area contributed by atoms with E-state index in [1.807, 2.05) is 37.5 Å². The summed E-state index contributed by atoms with van der Waals surface area (Å²) >= 11 is 0. The molecule has 1 aliphatic heterocycles. The molecule has 0 saturated carbocycles. The number of hydrogen-bond acceptors (Lipinski definition) is 6. The fourth-order valence-electron chi connectivity index (χ4n) is 4.82. The zero-order valence-electron chi connectivity index (χ0n) is 20.8. The van der Waals surface area contributed by atoms with Gasteiger partial charge in [-0.1, -0.05) is 18.2 Å². The maximum absolute atomic E-state index is 12.5. The van der Waals surface area contributed by atoms with E-state index in [9.17, 15) is 8.42 Å². The first-order valence-electron chi connectivity index (χ1n) is 12.3. The van der Waals surface area contributed by atoms with Crippen molar-refractivity contribution in [3.63, 3.8) is 0 Å². The van der Waals surface area contributed by atoms with Crippen LogP contribution in [0.2, 0.25) is 0 Å². The summed E-state index contributed by atoms with van der Waals surface area (Å²) in [4.78, 5) is 24.5. The van der Waals surface area contributed by atoms with Gasteiger partial charge in [0.25, 0.3) is 0 Å². The minimum absolute atomic E-state index is 0.00546. The molecule has 1 fully saturated rings. The van der Waals surface area contributed by atoms with Crippen LogP contribution < -0.4 is 9.62 Å². The van der Waals surface area contributed by atoms with Crippen molar-refractivity contribution in [2.24, 2.45) is 4.99 Å². The number of nitrogens with zero attached hydrogens (tertiary/aromatic N) is 5.